The summed E-state index contributed by atoms with van der Waals surface area (Å²) in [5.41, 5.74) is 7.11. The number of ether oxygens (including phenoxy) is 1. The molecular weight excluding hydrogens is 387 g/mol. The molecule has 3 atom stereocenters. The van der Waals surface area contributed by atoms with E-state index in [1.807, 2.05) is 4.57 Å². The van der Waals surface area contributed by atoms with E-state index >= 15 is 0 Å². The van der Waals surface area contributed by atoms with E-state index in [9.17, 15) is 9.79 Å². The number of aromatic nitrogens is 4. The van der Waals surface area contributed by atoms with Gasteiger partial charge in [0, 0.05) is 12.5 Å². The zero-order valence-corrected chi connectivity index (χ0v) is 16.2. The van der Waals surface area contributed by atoms with Gasteiger partial charge in [-0.25, -0.2) is 15.0 Å². The number of hydrogen-bond donors (Lipinski definition) is 4. The summed E-state index contributed by atoms with van der Waals surface area (Å²) < 4.78 is 18.3. The van der Waals surface area contributed by atoms with Crippen LogP contribution in [-0.2, 0) is 13.8 Å². The van der Waals surface area contributed by atoms with Gasteiger partial charge in [-0.2, -0.15) is 14.3 Å². The largest absolute Gasteiger partial charge is 0.570 e. The summed E-state index contributed by atoms with van der Waals surface area (Å²) in [5, 5.41) is 3.53. The molecule has 0 amide bonds. The predicted octanol–water partition coefficient (Wildman–Crippen LogP) is 1.52. The smallest absolute Gasteiger partial charge is 0.382 e. The lowest BCUT2D eigenvalue weighted by atomic mass is 9.96. The average Bonchev–Trinajstić information content (AvgIpc) is 3.23. The van der Waals surface area contributed by atoms with Crippen molar-refractivity contribution in [3.8, 4) is 0 Å². The van der Waals surface area contributed by atoms with Crippen molar-refractivity contribution in [3.05, 3.63) is 6.33 Å². The Hall–Kier alpha value is -1.62. The molecule has 152 valence electrons. The molecule has 28 heavy (non-hydrogen) atoms. The van der Waals surface area contributed by atoms with Crippen molar-refractivity contribution < 1.29 is 23.6 Å². The highest BCUT2D eigenvalue weighted by Gasteiger charge is 2.55. The van der Waals surface area contributed by atoms with Crippen LogP contribution in [-0.4, -0.2) is 54.2 Å². The number of nitrogen functional groups attached to an aromatic ring is 1. The molecule has 1 aliphatic carbocycles. The SMILES string of the molecule is Nc1ncnc2c1nc(NC1CCCCC1)n2[C@H]1C[C@@H]2O[P+](O)(O)OC[C@H]2O1. The van der Waals surface area contributed by atoms with Crippen LogP contribution in [0, 0.1) is 0 Å². The molecule has 0 aromatic carbocycles. The van der Waals surface area contributed by atoms with Crippen LogP contribution in [0.3, 0.4) is 0 Å². The summed E-state index contributed by atoms with van der Waals surface area (Å²) in [6.45, 7) is 0.0666. The fraction of sp³-hybridized carbons (Fsp3) is 0.688. The fourth-order valence-electron chi connectivity index (χ4n) is 4.23. The van der Waals surface area contributed by atoms with Gasteiger partial charge in [-0.1, -0.05) is 19.3 Å². The number of nitrogens with zero attached hydrogens (tertiary/aromatic N) is 4. The maximum Gasteiger partial charge on any atom is 0.570 e. The van der Waals surface area contributed by atoms with Crippen molar-refractivity contribution in [1.82, 2.24) is 19.5 Å². The normalized spacial score (nSPS) is 30.4. The topological polar surface area (TPSA) is 150 Å². The minimum atomic E-state index is -3.77. The molecule has 2 aliphatic heterocycles. The molecule has 11 nitrogen and oxygen atoms in total. The lowest BCUT2D eigenvalue weighted by Gasteiger charge is -2.25. The van der Waals surface area contributed by atoms with Gasteiger partial charge in [0.25, 0.3) is 0 Å². The first-order valence-electron chi connectivity index (χ1n) is 9.58. The number of fused-ring (bicyclic) bond motifs is 2. The molecule has 0 spiro atoms. The van der Waals surface area contributed by atoms with E-state index in [1.54, 1.807) is 0 Å². The highest BCUT2D eigenvalue weighted by molar-refractivity contribution is 7.54. The lowest BCUT2D eigenvalue weighted by Crippen LogP contribution is -2.34. The molecule has 2 saturated heterocycles. The Bertz CT molecular complexity index is 873. The van der Waals surface area contributed by atoms with Crippen molar-refractivity contribution in [1.29, 1.82) is 0 Å². The van der Waals surface area contributed by atoms with Gasteiger partial charge in [0.2, 0.25) is 5.95 Å². The van der Waals surface area contributed by atoms with Gasteiger partial charge in [-0.3, -0.25) is 4.57 Å². The van der Waals surface area contributed by atoms with E-state index in [0.29, 0.717) is 35.4 Å². The summed E-state index contributed by atoms with van der Waals surface area (Å²) in [5.74, 6) is 0.939. The van der Waals surface area contributed by atoms with Crippen molar-refractivity contribution in [2.45, 2.75) is 63.0 Å². The monoisotopic (exact) mass is 411 g/mol. The Labute approximate surface area is 161 Å². The maximum atomic E-state index is 9.72. The zero-order chi connectivity index (χ0) is 19.3. The van der Waals surface area contributed by atoms with Crippen molar-refractivity contribution in [3.63, 3.8) is 0 Å². The first-order chi connectivity index (χ1) is 13.5. The molecular formula is C16H24N6O5P+. The highest BCUT2D eigenvalue weighted by Crippen LogP contribution is 2.59. The van der Waals surface area contributed by atoms with E-state index in [2.05, 4.69) is 20.3 Å². The molecule has 5 N–H and O–H groups in total. The predicted molar refractivity (Wildman–Crippen MR) is 101 cm³/mol. The third-order valence-corrected chi connectivity index (χ3v) is 6.62. The van der Waals surface area contributed by atoms with Gasteiger partial charge < -0.3 is 15.8 Å². The van der Waals surface area contributed by atoms with Gasteiger partial charge in [0.1, 0.15) is 31.4 Å². The average molecular weight is 411 g/mol. The van der Waals surface area contributed by atoms with Gasteiger partial charge in [0.15, 0.2) is 17.0 Å². The van der Waals surface area contributed by atoms with Crippen LogP contribution >= 0.6 is 8.17 Å². The second-order valence-corrected chi connectivity index (χ2v) is 8.96. The Kier molecular flexibility index (Phi) is 4.61. The molecule has 2 aromatic rings. The summed E-state index contributed by atoms with van der Waals surface area (Å²) in [6.07, 6.45) is 6.32. The van der Waals surface area contributed by atoms with Gasteiger partial charge in [-0.05, 0) is 12.8 Å². The molecule has 12 heteroatoms. The van der Waals surface area contributed by atoms with Gasteiger partial charge in [-0.15, -0.1) is 4.52 Å². The first kappa shape index (κ1) is 18.4. The highest BCUT2D eigenvalue weighted by atomic mass is 31.2. The van der Waals surface area contributed by atoms with E-state index in [1.165, 1.54) is 25.6 Å². The van der Waals surface area contributed by atoms with Gasteiger partial charge in [0.05, 0.1) is 0 Å². The Morgan fingerprint density at radius 2 is 2.00 bits per heavy atom. The molecule has 3 aliphatic rings. The third-order valence-electron chi connectivity index (χ3n) is 5.59. The first-order valence-corrected chi connectivity index (χ1v) is 11.1. The zero-order valence-electron chi connectivity index (χ0n) is 15.3. The van der Waals surface area contributed by atoms with Crippen molar-refractivity contribution in [2.24, 2.45) is 0 Å². The maximum absolute atomic E-state index is 9.72. The summed E-state index contributed by atoms with van der Waals surface area (Å²) in [6, 6.07) is 0.329. The van der Waals surface area contributed by atoms with E-state index in [4.69, 9.17) is 19.5 Å². The van der Waals surface area contributed by atoms with Crippen molar-refractivity contribution in [2.75, 3.05) is 17.7 Å². The second kappa shape index (κ2) is 7.01. The summed E-state index contributed by atoms with van der Waals surface area (Å²) >= 11 is 0. The molecule has 0 bridgehead atoms. The van der Waals surface area contributed by atoms with Gasteiger partial charge >= 0.3 is 8.17 Å². The van der Waals surface area contributed by atoms with Crippen LogP contribution in [0.1, 0.15) is 44.8 Å². The number of hydrogen-bond acceptors (Lipinski definition) is 10. The van der Waals surface area contributed by atoms with Crippen LogP contribution in [0.15, 0.2) is 6.33 Å². The van der Waals surface area contributed by atoms with Crippen LogP contribution in [0.4, 0.5) is 11.8 Å². The number of nitrogens with one attached hydrogen (secondary N) is 1. The third kappa shape index (κ3) is 3.32. The molecule has 0 unspecified atom stereocenters. The molecule has 1 saturated carbocycles. The van der Waals surface area contributed by atoms with E-state index in [-0.39, 0.29) is 6.61 Å². The Balaban J connectivity index is 1.49. The number of nitrogens with two attached hydrogens (primary N) is 1. The van der Waals surface area contributed by atoms with Crippen LogP contribution in [0.5, 0.6) is 0 Å². The minimum Gasteiger partial charge on any atom is -0.382 e. The van der Waals surface area contributed by atoms with Crippen LogP contribution in [0.2, 0.25) is 0 Å². The van der Waals surface area contributed by atoms with Crippen LogP contribution < -0.4 is 11.1 Å². The molecule has 3 fully saturated rings. The minimum absolute atomic E-state index is 0.0666. The van der Waals surface area contributed by atoms with E-state index < -0.39 is 26.6 Å². The molecule has 4 heterocycles. The van der Waals surface area contributed by atoms with Crippen LogP contribution in [0.25, 0.3) is 11.2 Å². The summed E-state index contributed by atoms with van der Waals surface area (Å²) in [4.78, 5) is 32.5. The second-order valence-electron chi connectivity index (χ2n) is 7.51. The quantitative estimate of drug-likeness (QED) is 0.547. The molecule has 2 aromatic heterocycles. The Morgan fingerprint density at radius 1 is 1.18 bits per heavy atom. The fourth-order valence-corrected chi connectivity index (χ4v) is 5.20. The number of rotatable bonds is 3. The number of anilines is 2. The standard InChI is InChI=1S/C16H24N6O5P/c17-14-13-15(19-8-18-14)22(16(21-13)20-9-4-2-1-3-5-9)12-6-10-11(26-12)7-25-28(23,24)27-10/h8-12,23-24H,1-7H2,(H,20,21)(H2,17,18,19)/q+1/t10-,11+,12+/m0/s1. The van der Waals surface area contributed by atoms with E-state index in [0.717, 1.165) is 12.8 Å². The Morgan fingerprint density at radius 3 is 2.82 bits per heavy atom. The summed E-state index contributed by atoms with van der Waals surface area (Å²) in [7, 11) is -3.77. The molecule has 0 radical (unpaired) electrons. The number of imidazole rings is 1. The van der Waals surface area contributed by atoms with Crippen molar-refractivity contribution >= 4 is 31.1 Å². The molecule has 5 rings (SSSR count). The lowest BCUT2D eigenvalue weighted by molar-refractivity contribution is -0.0745.